The Kier molecular flexibility index (Phi) is 5.16. The first-order chi connectivity index (χ1) is 11.6. The zero-order valence-electron chi connectivity index (χ0n) is 13.4. The van der Waals surface area contributed by atoms with Crippen molar-refractivity contribution in [2.75, 3.05) is 7.11 Å². The van der Waals surface area contributed by atoms with Crippen molar-refractivity contribution in [1.29, 1.82) is 0 Å². The molecule has 1 amide bonds. The van der Waals surface area contributed by atoms with Gasteiger partial charge in [-0.1, -0.05) is 0 Å². The van der Waals surface area contributed by atoms with Crippen molar-refractivity contribution in [2.45, 2.75) is 31.4 Å². The normalized spacial score (nSPS) is 21.0. The van der Waals surface area contributed by atoms with Crippen LogP contribution in [0.15, 0.2) is 35.0 Å². The van der Waals surface area contributed by atoms with Gasteiger partial charge in [0.2, 0.25) is 5.91 Å². The highest BCUT2D eigenvalue weighted by atomic mass is 32.1. The number of aliphatic hydroxyl groups is 1. The van der Waals surface area contributed by atoms with Crippen molar-refractivity contribution in [3.8, 4) is 5.75 Å². The van der Waals surface area contributed by atoms with E-state index in [1.54, 1.807) is 17.4 Å². The molecule has 1 heterocycles. The molecule has 0 radical (unpaired) electrons. The third-order valence-corrected chi connectivity index (χ3v) is 5.14. The number of benzene rings is 1. The number of hydrogen-bond acceptors (Lipinski definition) is 4. The van der Waals surface area contributed by atoms with Crippen LogP contribution in [0.3, 0.4) is 0 Å². The van der Waals surface area contributed by atoms with E-state index in [1.165, 1.54) is 19.2 Å². The maximum absolute atomic E-state index is 13.7. The standard InChI is InChI=1S/C18H20FNO3S/c1-23-16-3-2-13(19)9-15(16)18(12-7-14(21)8-12)20-17(22)6-11-4-5-24-10-11/h2-5,9-10,12,14,18,21H,6-8H2,1H3,(H,20,22)/t12?,14?,18-/m1/s1. The lowest BCUT2D eigenvalue weighted by Crippen LogP contribution is -2.42. The molecular formula is C18H20FNO3S. The summed E-state index contributed by atoms with van der Waals surface area (Å²) in [6.07, 6.45) is 1.10. The topological polar surface area (TPSA) is 58.6 Å². The highest BCUT2D eigenvalue weighted by molar-refractivity contribution is 7.07. The smallest absolute Gasteiger partial charge is 0.224 e. The molecular weight excluding hydrogens is 329 g/mol. The van der Waals surface area contributed by atoms with Gasteiger partial charge in [-0.3, -0.25) is 4.79 Å². The van der Waals surface area contributed by atoms with E-state index in [2.05, 4.69) is 5.32 Å². The van der Waals surface area contributed by atoms with Crippen LogP contribution >= 0.6 is 11.3 Å². The molecule has 1 atom stereocenters. The van der Waals surface area contributed by atoms with E-state index in [4.69, 9.17) is 4.74 Å². The molecule has 1 aromatic carbocycles. The molecule has 2 aromatic rings. The number of hydrogen-bond donors (Lipinski definition) is 2. The van der Waals surface area contributed by atoms with Crippen molar-refractivity contribution >= 4 is 17.2 Å². The molecule has 24 heavy (non-hydrogen) atoms. The number of amides is 1. The molecule has 1 aromatic heterocycles. The first kappa shape index (κ1) is 16.9. The Labute approximate surface area is 144 Å². The van der Waals surface area contributed by atoms with Crippen molar-refractivity contribution in [2.24, 2.45) is 5.92 Å². The zero-order valence-corrected chi connectivity index (χ0v) is 14.2. The lowest BCUT2D eigenvalue weighted by molar-refractivity contribution is -0.122. The minimum absolute atomic E-state index is 0.0714. The van der Waals surface area contributed by atoms with Gasteiger partial charge in [-0.2, -0.15) is 11.3 Å². The van der Waals surface area contributed by atoms with Gasteiger partial charge in [-0.15, -0.1) is 0 Å². The van der Waals surface area contributed by atoms with Gasteiger partial charge in [0.1, 0.15) is 11.6 Å². The summed E-state index contributed by atoms with van der Waals surface area (Å²) in [5.74, 6) is 0.120. The lowest BCUT2D eigenvalue weighted by Gasteiger charge is -2.38. The number of ether oxygens (including phenoxy) is 1. The van der Waals surface area contributed by atoms with Gasteiger partial charge in [-0.25, -0.2) is 4.39 Å². The highest BCUT2D eigenvalue weighted by Crippen LogP contribution is 2.41. The van der Waals surface area contributed by atoms with Gasteiger partial charge in [0, 0.05) is 5.56 Å². The first-order valence-corrected chi connectivity index (χ1v) is 8.83. The molecule has 1 aliphatic carbocycles. The van der Waals surface area contributed by atoms with Gasteiger partial charge in [-0.05, 0) is 59.3 Å². The Morgan fingerprint density at radius 2 is 2.25 bits per heavy atom. The number of thiophene rings is 1. The van der Waals surface area contributed by atoms with Crippen LogP contribution in [0.25, 0.3) is 0 Å². The number of carbonyl (C=O) groups is 1. The van der Waals surface area contributed by atoms with E-state index in [9.17, 15) is 14.3 Å². The SMILES string of the molecule is COc1ccc(F)cc1[C@H](NC(=O)Cc1ccsc1)C1CC(O)C1. The van der Waals surface area contributed by atoms with Crippen LogP contribution in [0.2, 0.25) is 0 Å². The Hall–Kier alpha value is -1.92. The predicted octanol–water partition coefficient (Wildman–Crippen LogP) is 3.07. The number of carbonyl (C=O) groups excluding carboxylic acids is 1. The summed E-state index contributed by atoms with van der Waals surface area (Å²) in [4.78, 5) is 12.4. The van der Waals surface area contributed by atoms with Gasteiger partial charge in [0.15, 0.2) is 0 Å². The average molecular weight is 349 g/mol. The average Bonchev–Trinajstić information content (AvgIpc) is 3.02. The molecule has 0 unspecified atom stereocenters. The second kappa shape index (κ2) is 7.32. The summed E-state index contributed by atoms with van der Waals surface area (Å²) in [6.45, 7) is 0. The predicted molar refractivity (Wildman–Crippen MR) is 90.6 cm³/mol. The van der Waals surface area contributed by atoms with Crippen LogP contribution < -0.4 is 10.1 Å². The summed E-state index contributed by atoms with van der Waals surface area (Å²) in [5.41, 5.74) is 1.57. The quantitative estimate of drug-likeness (QED) is 0.843. The molecule has 4 nitrogen and oxygen atoms in total. The second-order valence-corrected chi connectivity index (χ2v) is 6.91. The fraction of sp³-hybridized carbons (Fsp3) is 0.389. The highest BCUT2D eigenvalue weighted by Gasteiger charge is 2.37. The van der Waals surface area contributed by atoms with Crippen LogP contribution in [-0.2, 0) is 11.2 Å². The maximum atomic E-state index is 13.7. The molecule has 6 heteroatoms. The third kappa shape index (κ3) is 3.76. The van der Waals surface area contributed by atoms with Crippen LogP contribution in [-0.4, -0.2) is 24.2 Å². The summed E-state index contributed by atoms with van der Waals surface area (Å²) in [7, 11) is 1.52. The molecule has 2 N–H and O–H groups in total. The number of halogens is 1. The summed E-state index contributed by atoms with van der Waals surface area (Å²) in [5, 5.41) is 16.5. The van der Waals surface area contributed by atoms with Crippen molar-refractivity contribution in [3.05, 3.63) is 52.0 Å². The number of nitrogens with one attached hydrogen (secondary N) is 1. The van der Waals surface area contributed by atoms with Crippen molar-refractivity contribution in [3.63, 3.8) is 0 Å². The van der Waals surface area contributed by atoms with Gasteiger partial charge < -0.3 is 15.2 Å². The Morgan fingerprint density at radius 3 is 2.88 bits per heavy atom. The Morgan fingerprint density at radius 1 is 1.46 bits per heavy atom. The van der Waals surface area contributed by atoms with E-state index < -0.39 is 0 Å². The third-order valence-electron chi connectivity index (χ3n) is 4.41. The first-order valence-electron chi connectivity index (χ1n) is 7.88. The van der Waals surface area contributed by atoms with Crippen LogP contribution in [0.5, 0.6) is 5.75 Å². The van der Waals surface area contributed by atoms with Crippen LogP contribution in [0.4, 0.5) is 4.39 Å². The van der Waals surface area contributed by atoms with E-state index in [0.717, 1.165) is 5.56 Å². The fourth-order valence-corrected chi connectivity index (χ4v) is 3.77. The van der Waals surface area contributed by atoms with E-state index in [0.29, 0.717) is 24.2 Å². The minimum atomic E-state index is -0.372. The van der Waals surface area contributed by atoms with Crippen molar-refractivity contribution in [1.82, 2.24) is 5.32 Å². The Balaban J connectivity index is 1.81. The Bertz CT molecular complexity index is 698. The molecule has 1 saturated carbocycles. The largest absolute Gasteiger partial charge is 0.496 e. The molecule has 0 bridgehead atoms. The van der Waals surface area contributed by atoms with Gasteiger partial charge in [0.05, 0.1) is 25.7 Å². The molecule has 0 saturated heterocycles. The van der Waals surface area contributed by atoms with Gasteiger partial charge in [0.25, 0.3) is 0 Å². The fourth-order valence-electron chi connectivity index (χ4n) is 3.10. The van der Waals surface area contributed by atoms with Crippen LogP contribution in [0, 0.1) is 11.7 Å². The zero-order chi connectivity index (χ0) is 17.1. The lowest BCUT2D eigenvalue weighted by atomic mass is 9.74. The summed E-state index contributed by atoms with van der Waals surface area (Å²) < 4.78 is 19.1. The number of aliphatic hydroxyl groups excluding tert-OH is 1. The molecule has 3 rings (SSSR count). The number of methoxy groups -OCH3 is 1. The van der Waals surface area contributed by atoms with E-state index >= 15 is 0 Å². The molecule has 0 aliphatic heterocycles. The van der Waals surface area contributed by atoms with Gasteiger partial charge >= 0.3 is 0 Å². The van der Waals surface area contributed by atoms with Crippen LogP contribution in [0.1, 0.15) is 30.0 Å². The number of rotatable bonds is 6. The van der Waals surface area contributed by atoms with E-state index in [-0.39, 0.29) is 36.2 Å². The monoisotopic (exact) mass is 349 g/mol. The van der Waals surface area contributed by atoms with Crippen molar-refractivity contribution < 1.29 is 19.0 Å². The molecule has 1 fully saturated rings. The summed E-state index contributed by atoms with van der Waals surface area (Å²) in [6, 6.07) is 5.85. The molecule has 128 valence electrons. The minimum Gasteiger partial charge on any atom is -0.496 e. The second-order valence-electron chi connectivity index (χ2n) is 6.13. The molecule has 0 spiro atoms. The van der Waals surface area contributed by atoms with E-state index in [1.807, 2.05) is 16.8 Å². The molecule has 1 aliphatic rings. The summed E-state index contributed by atoms with van der Waals surface area (Å²) >= 11 is 1.54. The maximum Gasteiger partial charge on any atom is 0.224 e.